The summed E-state index contributed by atoms with van der Waals surface area (Å²) in [5, 5.41) is 9.09. The molecule has 1 aliphatic rings. The van der Waals surface area contributed by atoms with Crippen molar-refractivity contribution < 1.29 is 13.9 Å². The molecular formula is C8H14F2O. The van der Waals surface area contributed by atoms with Crippen molar-refractivity contribution in [1.29, 1.82) is 0 Å². The summed E-state index contributed by atoms with van der Waals surface area (Å²) in [4.78, 5) is 0. The molecule has 1 N–H and O–H groups in total. The second kappa shape index (κ2) is 4.00. The Morgan fingerprint density at radius 3 is 2.45 bits per heavy atom. The summed E-state index contributed by atoms with van der Waals surface area (Å²) in [6.45, 7) is 0. The highest BCUT2D eigenvalue weighted by Crippen LogP contribution is 2.31. The van der Waals surface area contributed by atoms with Gasteiger partial charge < -0.3 is 5.11 Å². The first-order valence-electron chi connectivity index (χ1n) is 4.16. The molecule has 0 heterocycles. The number of alkyl halides is 2. The maximum Gasteiger partial charge on any atom is 0.238 e. The fourth-order valence-electron chi connectivity index (χ4n) is 1.42. The minimum atomic E-state index is -2.17. The van der Waals surface area contributed by atoms with E-state index in [1.165, 1.54) is 0 Å². The highest BCUT2D eigenvalue weighted by molar-refractivity contribution is 4.79. The predicted molar refractivity (Wildman–Crippen MR) is 38.6 cm³/mol. The van der Waals surface area contributed by atoms with Crippen LogP contribution in [0.2, 0.25) is 0 Å². The van der Waals surface area contributed by atoms with E-state index in [9.17, 15) is 8.78 Å². The standard InChI is InChI=1S/C8H14F2O/c9-8(10)3-1-2-6-4-5-7(6)11/h6-8,11H,1-5H2. The number of hydrogen-bond acceptors (Lipinski definition) is 1. The van der Waals surface area contributed by atoms with Crippen molar-refractivity contribution in [2.75, 3.05) is 0 Å². The molecule has 11 heavy (non-hydrogen) atoms. The number of hydrogen-bond donors (Lipinski definition) is 1. The van der Waals surface area contributed by atoms with Crippen molar-refractivity contribution in [1.82, 2.24) is 0 Å². The molecule has 0 bridgehead atoms. The highest BCUT2D eigenvalue weighted by atomic mass is 19.3. The van der Waals surface area contributed by atoms with Gasteiger partial charge in [-0.05, 0) is 31.6 Å². The topological polar surface area (TPSA) is 20.2 Å². The molecule has 1 nitrogen and oxygen atoms in total. The average Bonchev–Trinajstić information content (AvgIpc) is 1.94. The van der Waals surface area contributed by atoms with Crippen LogP contribution in [0.25, 0.3) is 0 Å². The van der Waals surface area contributed by atoms with E-state index in [2.05, 4.69) is 0 Å². The van der Waals surface area contributed by atoms with Crippen molar-refractivity contribution in [3.8, 4) is 0 Å². The van der Waals surface area contributed by atoms with Crippen LogP contribution in [-0.2, 0) is 0 Å². The molecule has 0 aliphatic heterocycles. The molecule has 1 fully saturated rings. The van der Waals surface area contributed by atoms with Gasteiger partial charge in [0.15, 0.2) is 0 Å². The van der Waals surface area contributed by atoms with E-state index < -0.39 is 6.43 Å². The molecular weight excluding hydrogens is 150 g/mol. The Balaban J connectivity index is 1.95. The van der Waals surface area contributed by atoms with Gasteiger partial charge in [-0.2, -0.15) is 0 Å². The first-order chi connectivity index (χ1) is 5.20. The van der Waals surface area contributed by atoms with Gasteiger partial charge in [-0.25, -0.2) is 8.78 Å². The summed E-state index contributed by atoms with van der Waals surface area (Å²) in [5.74, 6) is 0.314. The molecule has 2 atom stereocenters. The van der Waals surface area contributed by atoms with Crippen LogP contribution in [0.5, 0.6) is 0 Å². The van der Waals surface area contributed by atoms with Gasteiger partial charge >= 0.3 is 0 Å². The lowest BCUT2D eigenvalue weighted by Crippen LogP contribution is -2.30. The number of aliphatic hydroxyl groups is 1. The van der Waals surface area contributed by atoms with Crippen molar-refractivity contribution in [2.24, 2.45) is 5.92 Å². The maximum atomic E-state index is 11.6. The third kappa shape index (κ3) is 2.73. The Kier molecular flexibility index (Phi) is 3.24. The lowest BCUT2D eigenvalue weighted by atomic mass is 9.79. The minimum Gasteiger partial charge on any atom is -0.393 e. The molecule has 1 saturated carbocycles. The largest absolute Gasteiger partial charge is 0.393 e. The Morgan fingerprint density at radius 1 is 1.36 bits per heavy atom. The zero-order valence-corrected chi connectivity index (χ0v) is 6.47. The molecule has 0 aromatic heterocycles. The summed E-state index contributed by atoms with van der Waals surface area (Å²) in [6.07, 6.45) is 0.817. The van der Waals surface area contributed by atoms with Crippen molar-refractivity contribution in [3.63, 3.8) is 0 Å². The summed E-state index contributed by atoms with van der Waals surface area (Å²) >= 11 is 0. The predicted octanol–water partition coefficient (Wildman–Crippen LogP) is 2.19. The van der Waals surface area contributed by atoms with E-state index >= 15 is 0 Å². The molecule has 66 valence electrons. The van der Waals surface area contributed by atoms with Gasteiger partial charge in [-0.1, -0.05) is 0 Å². The van der Waals surface area contributed by atoms with Gasteiger partial charge in [0.05, 0.1) is 6.10 Å². The molecule has 0 spiro atoms. The lowest BCUT2D eigenvalue weighted by molar-refractivity contribution is 0.0152. The first kappa shape index (κ1) is 8.91. The van der Waals surface area contributed by atoms with Crippen LogP contribution >= 0.6 is 0 Å². The second-order valence-corrected chi connectivity index (χ2v) is 3.23. The quantitative estimate of drug-likeness (QED) is 0.675. The van der Waals surface area contributed by atoms with Gasteiger partial charge in [-0.15, -0.1) is 0 Å². The Hall–Kier alpha value is -0.180. The van der Waals surface area contributed by atoms with Crippen LogP contribution in [0, 0.1) is 5.92 Å². The summed E-state index contributed by atoms with van der Waals surface area (Å²) < 4.78 is 23.3. The second-order valence-electron chi connectivity index (χ2n) is 3.23. The molecule has 1 rings (SSSR count). The van der Waals surface area contributed by atoms with E-state index in [4.69, 9.17) is 5.11 Å². The molecule has 0 amide bonds. The van der Waals surface area contributed by atoms with Gasteiger partial charge in [-0.3, -0.25) is 0 Å². The monoisotopic (exact) mass is 164 g/mol. The first-order valence-corrected chi connectivity index (χ1v) is 4.16. The Bertz CT molecular complexity index is 117. The third-order valence-corrected chi connectivity index (χ3v) is 2.37. The van der Waals surface area contributed by atoms with E-state index in [-0.39, 0.29) is 12.5 Å². The Morgan fingerprint density at radius 2 is 2.09 bits per heavy atom. The van der Waals surface area contributed by atoms with Crippen LogP contribution in [-0.4, -0.2) is 17.6 Å². The summed E-state index contributed by atoms with van der Waals surface area (Å²) in [5.41, 5.74) is 0. The summed E-state index contributed by atoms with van der Waals surface area (Å²) in [7, 11) is 0. The van der Waals surface area contributed by atoms with Crippen LogP contribution < -0.4 is 0 Å². The fourth-order valence-corrected chi connectivity index (χ4v) is 1.42. The zero-order valence-electron chi connectivity index (χ0n) is 6.47. The molecule has 1 aliphatic carbocycles. The molecule has 0 radical (unpaired) electrons. The van der Waals surface area contributed by atoms with E-state index in [0.29, 0.717) is 12.3 Å². The lowest BCUT2D eigenvalue weighted by Gasteiger charge is -2.32. The van der Waals surface area contributed by atoms with Crippen LogP contribution in [0.15, 0.2) is 0 Å². The minimum absolute atomic E-state index is 0.0107. The summed E-state index contributed by atoms with van der Waals surface area (Å²) in [6, 6.07) is 0. The van der Waals surface area contributed by atoms with E-state index in [1.54, 1.807) is 0 Å². The van der Waals surface area contributed by atoms with Gasteiger partial charge in [0.2, 0.25) is 6.43 Å². The van der Waals surface area contributed by atoms with Gasteiger partial charge in [0.1, 0.15) is 0 Å². The number of halogens is 2. The number of aliphatic hydroxyl groups excluding tert-OH is 1. The average molecular weight is 164 g/mol. The zero-order chi connectivity index (χ0) is 8.27. The van der Waals surface area contributed by atoms with Crippen molar-refractivity contribution >= 4 is 0 Å². The van der Waals surface area contributed by atoms with E-state index in [1.807, 2.05) is 0 Å². The molecule has 2 unspecified atom stereocenters. The Labute approximate surface area is 65.4 Å². The van der Waals surface area contributed by atoms with Crippen molar-refractivity contribution in [2.45, 2.75) is 44.6 Å². The molecule has 0 saturated heterocycles. The molecule has 0 aromatic rings. The fraction of sp³-hybridized carbons (Fsp3) is 1.00. The maximum absolute atomic E-state index is 11.6. The van der Waals surface area contributed by atoms with Gasteiger partial charge in [0.25, 0.3) is 0 Å². The SMILES string of the molecule is OC1CCC1CCCC(F)F. The van der Waals surface area contributed by atoms with Gasteiger partial charge in [0, 0.05) is 6.42 Å². The third-order valence-electron chi connectivity index (χ3n) is 2.37. The van der Waals surface area contributed by atoms with Crippen LogP contribution in [0.4, 0.5) is 8.78 Å². The highest BCUT2D eigenvalue weighted by Gasteiger charge is 2.27. The normalized spacial score (nSPS) is 30.5. The van der Waals surface area contributed by atoms with Crippen LogP contribution in [0.1, 0.15) is 32.1 Å². The number of rotatable bonds is 4. The molecule has 3 heteroatoms. The molecule has 0 aromatic carbocycles. The van der Waals surface area contributed by atoms with Crippen LogP contribution in [0.3, 0.4) is 0 Å². The van der Waals surface area contributed by atoms with Crippen molar-refractivity contribution in [3.05, 3.63) is 0 Å². The van der Waals surface area contributed by atoms with E-state index in [0.717, 1.165) is 19.3 Å². The smallest absolute Gasteiger partial charge is 0.238 e.